The summed E-state index contributed by atoms with van der Waals surface area (Å²) in [5.74, 6) is 0. The van der Waals surface area contributed by atoms with Crippen molar-refractivity contribution < 1.29 is 0 Å². The van der Waals surface area contributed by atoms with E-state index in [1.807, 2.05) is 32.0 Å². The Bertz CT molecular complexity index is 539. The number of hydrogen-bond donors (Lipinski definition) is 1. The van der Waals surface area contributed by atoms with Gasteiger partial charge in [0.2, 0.25) is 0 Å². The van der Waals surface area contributed by atoms with Gasteiger partial charge in [-0.15, -0.1) is 11.3 Å². The summed E-state index contributed by atoms with van der Waals surface area (Å²) < 4.78 is 1.14. The van der Waals surface area contributed by atoms with Crippen LogP contribution in [0.3, 0.4) is 0 Å². The number of hydrogen-bond acceptors (Lipinski definition) is 3. The summed E-state index contributed by atoms with van der Waals surface area (Å²) in [7, 11) is 0. The lowest BCUT2D eigenvalue weighted by Gasteiger charge is -2.07. The molecule has 0 atom stereocenters. The molecule has 1 N–H and O–H groups in total. The fourth-order valence-electron chi connectivity index (χ4n) is 1.55. The summed E-state index contributed by atoms with van der Waals surface area (Å²) in [4.78, 5) is 5.67. The molecule has 2 nitrogen and oxygen atoms in total. The second-order valence-corrected chi connectivity index (χ2v) is 6.66. The van der Waals surface area contributed by atoms with E-state index in [1.165, 1.54) is 4.88 Å². The second kappa shape index (κ2) is 5.54. The molecule has 0 radical (unpaired) electrons. The molecular formula is C12H12ClIN2S. The van der Waals surface area contributed by atoms with E-state index in [0.717, 1.165) is 31.5 Å². The summed E-state index contributed by atoms with van der Waals surface area (Å²) in [5, 5.41) is 5.21. The van der Waals surface area contributed by atoms with Crippen molar-refractivity contribution in [1.29, 1.82) is 0 Å². The molecule has 0 unspecified atom stereocenters. The third-order valence-electron chi connectivity index (χ3n) is 2.37. The van der Waals surface area contributed by atoms with Gasteiger partial charge in [-0.05, 0) is 54.6 Å². The van der Waals surface area contributed by atoms with Crippen molar-refractivity contribution in [3.8, 4) is 0 Å². The predicted molar refractivity (Wildman–Crippen MR) is 83.1 cm³/mol. The van der Waals surface area contributed by atoms with Crippen LogP contribution in [0.1, 0.15) is 15.6 Å². The first-order chi connectivity index (χ1) is 8.06. The van der Waals surface area contributed by atoms with Crippen LogP contribution in [0.4, 0.5) is 5.69 Å². The van der Waals surface area contributed by atoms with E-state index >= 15 is 0 Å². The predicted octanol–water partition coefficient (Wildman–Crippen LogP) is 4.63. The monoisotopic (exact) mass is 378 g/mol. The number of halogens is 2. The van der Waals surface area contributed by atoms with Gasteiger partial charge in [0.15, 0.2) is 0 Å². The molecule has 0 fully saturated rings. The fraction of sp³-hybridized carbons (Fsp3) is 0.250. The molecule has 17 heavy (non-hydrogen) atoms. The normalized spacial score (nSPS) is 10.6. The molecule has 1 aromatic carbocycles. The molecule has 1 aromatic heterocycles. The number of aromatic nitrogens is 1. The highest BCUT2D eigenvalue weighted by Gasteiger charge is 2.06. The van der Waals surface area contributed by atoms with Crippen molar-refractivity contribution >= 4 is 51.2 Å². The van der Waals surface area contributed by atoms with Crippen LogP contribution >= 0.6 is 45.5 Å². The standard InChI is InChI=1S/C12H12ClIN2S/c1-7-12(17-8(2)16-7)6-15-11-4-3-9(14)5-10(11)13/h3-5,15H,6H2,1-2H3. The molecule has 0 aliphatic heterocycles. The third kappa shape index (κ3) is 3.33. The largest absolute Gasteiger partial charge is 0.379 e. The molecule has 0 saturated carbocycles. The number of benzene rings is 1. The van der Waals surface area contributed by atoms with Crippen LogP contribution in [0.5, 0.6) is 0 Å². The highest BCUT2D eigenvalue weighted by molar-refractivity contribution is 14.1. The van der Waals surface area contributed by atoms with Crippen LogP contribution in [0, 0.1) is 17.4 Å². The summed E-state index contributed by atoms with van der Waals surface area (Å²) in [5.41, 5.74) is 2.07. The molecule has 1 heterocycles. The van der Waals surface area contributed by atoms with E-state index in [9.17, 15) is 0 Å². The van der Waals surface area contributed by atoms with Gasteiger partial charge in [0.25, 0.3) is 0 Å². The molecule has 90 valence electrons. The van der Waals surface area contributed by atoms with Crippen molar-refractivity contribution in [3.05, 3.63) is 42.4 Å². The molecule has 0 saturated heterocycles. The summed E-state index contributed by atoms with van der Waals surface area (Å²) in [6, 6.07) is 6.00. The van der Waals surface area contributed by atoms with Crippen LogP contribution < -0.4 is 5.32 Å². The van der Waals surface area contributed by atoms with Gasteiger partial charge in [0.1, 0.15) is 0 Å². The third-order valence-corrected chi connectivity index (χ3v) is 4.43. The summed E-state index contributed by atoms with van der Waals surface area (Å²) >= 11 is 10.1. The Hall–Kier alpha value is -0.330. The van der Waals surface area contributed by atoms with Gasteiger partial charge in [-0.3, -0.25) is 0 Å². The number of rotatable bonds is 3. The van der Waals surface area contributed by atoms with Crippen LogP contribution in [-0.4, -0.2) is 4.98 Å². The Morgan fingerprint density at radius 3 is 2.76 bits per heavy atom. The minimum absolute atomic E-state index is 0.760. The first kappa shape index (κ1) is 13.1. The molecule has 0 aliphatic carbocycles. The first-order valence-electron chi connectivity index (χ1n) is 5.18. The van der Waals surface area contributed by atoms with Crippen LogP contribution in [0.2, 0.25) is 5.02 Å². The molecule has 0 bridgehead atoms. The topological polar surface area (TPSA) is 24.9 Å². The number of anilines is 1. The zero-order chi connectivity index (χ0) is 12.4. The van der Waals surface area contributed by atoms with E-state index in [-0.39, 0.29) is 0 Å². The molecular weight excluding hydrogens is 367 g/mol. The minimum Gasteiger partial charge on any atom is -0.379 e. The second-order valence-electron chi connectivity index (χ2n) is 3.72. The fourth-order valence-corrected chi connectivity index (χ4v) is 3.35. The maximum absolute atomic E-state index is 6.16. The summed E-state index contributed by atoms with van der Waals surface area (Å²) in [6.07, 6.45) is 0. The molecule has 2 rings (SSSR count). The van der Waals surface area contributed by atoms with E-state index in [2.05, 4.69) is 32.9 Å². The highest BCUT2D eigenvalue weighted by atomic mass is 127. The first-order valence-corrected chi connectivity index (χ1v) is 7.45. The molecule has 2 aromatic rings. The van der Waals surface area contributed by atoms with Crippen LogP contribution in [0.25, 0.3) is 0 Å². The van der Waals surface area contributed by atoms with Crippen molar-refractivity contribution in [3.63, 3.8) is 0 Å². The van der Waals surface area contributed by atoms with Gasteiger partial charge in [0.05, 0.1) is 28.0 Å². The average Bonchev–Trinajstić information content (AvgIpc) is 2.56. The quantitative estimate of drug-likeness (QED) is 0.788. The zero-order valence-electron chi connectivity index (χ0n) is 9.55. The Balaban J connectivity index is 2.10. The molecule has 0 aliphatic rings. The van der Waals surface area contributed by atoms with Gasteiger partial charge in [-0.2, -0.15) is 0 Å². The Morgan fingerprint density at radius 1 is 1.41 bits per heavy atom. The van der Waals surface area contributed by atoms with Crippen molar-refractivity contribution in [2.45, 2.75) is 20.4 Å². The Kier molecular flexibility index (Phi) is 4.27. The van der Waals surface area contributed by atoms with Crippen LogP contribution in [0.15, 0.2) is 18.2 Å². The molecule has 0 spiro atoms. The maximum Gasteiger partial charge on any atom is 0.0900 e. The minimum atomic E-state index is 0.760. The van der Waals surface area contributed by atoms with Crippen LogP contribution in [-0.2, 0) is 6.54 Å². The zero-order valence-corrected chi connectivity index (χ0v) is 13.3. The van der Waals surface area contributed by atoms with E-state index in [1.54, 1.807) is 11.3 Å². The van der Waals surface area contributed by atoms with Gasteiger partial charge < -0.3 is 5.32 Å². The van der Waals surface area contributed by atoms with Gasteiger partial charge in [-0.1, -0.05) is 11.6 Å². The number of nitrogens with one attached hydrogen (secondary N) is 1. The number of aryl methyl sites for hydroxylation is 2. The summed E-state index contributed by atoms with van der Waals surface area (Å²) in [6.45, 7) is 4.84. The molecule has 0 amide bonds. The van der Waals surface area contributed by atoms with E-state index in [4.69, 9.17) is 11.6 Å². The number of thiazole rings is 1. The maximum atomic E-state index is 6.16. The van der Waals surface area contributed by atoms with E-state index in [0.29, 0.717) is 0 Å². The highest BCUT2D eigenvalue weighted by Crippen LogP contribution is 2.25. The van der Waals surface area contributed by atoms with Crippen molar-refractivity contribution in [2.75, 3.05) is 5.32 Å². The van der Waals surface area contributed by atoms with E-state index < -0.39 is 0 Å². The Morgan fingerprint density at radius 2 is 2.18 bits per heavy atom. The van der Waals surface area contributed by atoms with Gasteiger partial charge in [-0.25, -0.2) is 4.98 Å². The lowest BCUT2D eigenvalue weighted by molar-refractivity contribution is 1.11. The Labute approximate surface area is 124 Å². The average molecular weight is 379 g/mol. The SMILES string of the molecule is Cc1nc(C)c(CNc2ccc(I)cc2Cl)s1. The van der Waals surface area contributed by atoms with Crippen molar-refractivity contribution in [2.24, 2.45) is 0 Å². The smallest absolute Gasteiger partial charge is 0.0900 e. The molecule has 5 heteroatoms. The van der Waals surface area contributed by atoms with Gasteiger partial charge in [0, 0.05) is 8.45 Å². The lowest BCUT2D eigenvalue weighted by atomic mass is 10.3. The number of nitrogens with zero attached hydrogens (tertiary/aromatic N) is 1. The van der Waals surface area contributed by atoms with Gasteiger partial charge >= 0.3 is 0 Å². The van der Waals surface area contributed by atoms with Crippen molar-refractivity contribution in [1.82, 2.24) is 4.98 Å². The lowest BCUT2D eigenvalue weighted by Crippen LogP contribution is -1.99.